The number of carbonyl (C=O) groups is 1. The van der Waals surface area contributed by atoms with Gasteiger partial charge in [-0.15, -0.1) is 0 Å². The smallest absolute Gasteiger partial charge is 0.600 e. The van der Waals surface area contributed by atoms with Crippen LogP contribution in [0.3, 0.4) is 0 Å². The van der Waals surface area contributed by atoms with Gasteiger partial charge in [0.1, 0.15) is 0 Å². The van der Waals surface area contributed by atoms with Crippen LogP contribution >= 0.6 is 0 Å². The van der Waals surface area contributed by atoms with E-state index in [4.69, 9.17) is 7.58 Å². The summed E-state index contributed by atoms with van der Waals surface area (Å²) in [5, 5.41) is 0. The number of hydrogen-bond acceptors (Lipinski definition) is 3. The van der Waals surface area contributed by atoms with Crippen molar-refractivity contribution in [3.8, 4) is 0 Å². The second-order valence-electron chi connectivity index (χ2n) is 12.5. The largest absolute Gasteiger partial charge is 0.776 e. The van der Waals surface area contributed by atoms with Gasteiger partial charge >= 0.3 is 15.9 Å². The third kappa shape index (κ3) is 39.9. The normalized spacial score (nSPS) is 11.0. The van der Waals surface area contributed by atoms with E-state index in [1.807, 2.05) is 0 Å². The lowest BCUT2D eigenvalue weighted by Gasteiger charge is -2.06. The van der Waals surface area contributed by atoms with Crippen LogP contribution in [0.25, 0.3) is 0 Å². The molecular weight excluding hydrogens is 523 g/mol. The fourth-order valence-corrected chi connectivity index (χ4v) is 6.12. The van der Waals surface area contributed by atoms with E-state index in [1.165, 1.54) is 180 Å². The van der Waals surface area contributed by atoms with Gasteiger partial charge in [-0.1, -0.05) is 200 Å². The molecule has 0 rings (SSSR count). The minimum absolute atomic E-state index is 0. The third-order valence-corrected chi connectivity index (χ3v) is 9.08. The molecule has 245 valence electrons. The Bertz CT molecular complexity index is 474. The van der Waals surface area contributed by atoms with E-state index in [2.05, 4.69) is 13.8 Å². The molecule has 41 heavy (non-hydrogen) atoms. The van der Waals surface area contributed by atoms with Crippen LogP contribution in [0.4, 0.5) is 0 Å². The third-order valence-electron chi connectivity index (χ3n) is 8.35. The van der Waals surface area contributed by atoms with Crippen molar-refractivity contribution in [1.29, 1.82) is 0 Å². The lowest BCUT2D eigenvalue weighted by molar-refractivity contribution is -0.135. The standard InChI is InChI=1S/C18H36O2.C18H37O.Al.H2O/c1-2-3-4-5-6-7-8-9-10-11-12-13-14-15-16-17-18(19)20;1-2-3-4-5-6-7-8-9-10-11-12-13-14-15-16-17-18-19;;/h2-17H2,1H3,(H,19,20);2-18H2,1H3;;1H2/q;-1;+2;/p-1. The first kappa shape index (κ1) is 43.1. The van der Waals surface area contributed by atoms with Crippen LogP contribution < -0.4 is 0 Å². The van der Waals surface area contributed by atoms with E-state index in [9.17, 15) is 4.79 Å². The molecule has 0 aromatic carbocycles. The second-order valence-corrected chi connectivity index (χ2v) is 13.2. The van der Waals surface area contributed by atoms with Crippen molar-refractivity contribution >= 4 is 21.9 Å². The molecule has 1 radical (unpaired) electrons. The van der Waals surface area contributed by atoms with Gasteiger partial charge < -0.3 is 13.1 Å². The highest BCUT2D eigenvalue weighted by Gasteiger charge is 2.07. The topological polar surface area (TPSA) is 67.0 Å². The maximum absolute atomic E-state index is 11.9. The van der Waals surface area contributed by atoms with Crippen LogP contribution in [0.15, 0.2) is 0 Å². The minimum Gasteiger partial charge on any atom is -0.600 e. The van der Waals surface area contributed by atoms with E-state index < -0.39 is 15.9 Å². The van der Waals surface area contributed by atoms with Crippen molar-refractivity contribution in [3.63, 3.8) is 0 Å². The molecule has 0 atom stereocenters. The lowest BCUT2D eigenvalue weighted by atomic mass is 10.0. The molecular formula is C36H74AlO4. The highest BCUT2D eigenvalue weighted by Crippen LogP contribution is 2.15. The number of unbranched alkanes of at least 4 members (excludes halogenated alkanes) is 29. The molecule has 4 nitrogen and oxygen atoms in total. The molecule has 5 heteroatoms. The monoisotopic (exact) mass is 598 g/mol. The second kappa shape index (κ2) is 39.9. The van der Waals surface area contributed by atoms with Crippen molar-refractivity contribution in [3.05, 3.63) is 0 Å². The van der Waals surface area contributed by atoms with Gasteiger partial charge in [0.25, 0.3) is 5.97 Å². The van der Waals surface area contributed by atoms with Crippen LogP contribution in [-0.2, 0) is 12.4 Å². The molecule has 0 bridgehead atoms. The summed E-state index contributed by atoms with van der Waals surface area (Å²) in [4.78, 5) is 11.9. The Balaban J connectivity index is 0. The van der Waals surface area contributed by atoms with Gasteiger partial charge in [-0.05, 0) is 12.8 Å². The van der Waals surface area contributed by atoms with E-state index in [0.717, 1.165) is 25.9 Å². The minimum atomic E-state index is -0.616. The zero-order valence-corrected chi connectivity index (χ0v) is 29.3. The van der Waals surface area contributed by atoms with Gasteiger partial charge in [0.05, 0.1) is 0 Å². The molecule has 0 fully saturated rings. The van der Waals surface area contributed by atoms with E-state index in [1.54, 1.807) is 0 Å². The Hall–Kier alpha value is -0.0775. The summed E-state index contributed by atoms with van der Waals surface area (Å²) in [6.45, 7) is 5.33. The predicted octanol–water partition coefficient (Wildman–Crippen LogP) is 11.8. The summed E-state index contributed by atoms with van der Waals surface area (Å²) in [6.07, 6.45) is 42.9. The molecule has 0 aliphatic carbocycles. The van der Waals surface area contributed by atoms with E-state index in [-0.39, 0.29) is 11.4 Å². The fraction of sp³-hybridized carbons (Fsp3) is 0.972. The SMILES string of the molecule is CCCCCCCCCCCCCCCCCC[O][Al][O]C(=O)CCCCCCCCCCCCCCCCC.O. The average molecular weight is 598 g/mol. The number of hydrogen-bond donors (Lipinski definition) is 0. The molecule has 0 amide bonds. The van der Waals surface area contributed by atoms with E-state index >= 15 is 0 Å². The van der Waals surface area contributed by atoms with Crippen molar-refractivity contribution in [1.82, 2.24) is 0 Å². The van der Waals surface area contributed by atoms with Crippen LogP contribution in [0.1, 0.15) is 219 Å². The first-order valence-electron chi connectivity index (χ1n) is 18.4. The summed E-state index contributed by atoms with van der Waals surface area (Å²) < 4.78 is 10.9. The zero-order chi connectivity index (χ0) is 29.0. The molecule has 0 saturated carbocycles. The van der Waals surface area contributed by atoms with Gasteiger partial charge in [0.2, 0.25) is 0 Å². The summed E-state index contributed by atoms with van der Waals surface area (Å²) >= 11 is -0.616. The Kier molecular flexibility index (Phi) is 41.9. The lowest BCUT2D eigenvalue weighted by Crippen LogP contribution is -2.12. The number of rotatable bonds is 35. The van der Waals surface area contributed by atoms with Crippen molar-refractivity contribution < 1.29 is 17.8 Å². The molecule has 0 aliphatic heterocycles. The highest BCUT2D eigenvalue weighted by atomic mass is 27.2. The Morgan fingerprint density at radius 1 is 0.415 bits per heavy atom. The first-order chi connectivity index (χ1) is 19.8. The molecule has 0 spiro atoms. The highest BCUT2D eigenvalue weighted by molar-refractivity contribution is 6.22. The molecule has 0 aromatic rings. The predicted molar refractivity (Wildman–Crippen MR) is 181 cm³/mol. The van der Waals surface area contributed by atoms with Crippen molar-refractivity contribution in [2.75, 3.05) is 6.61 Å². The Morgan fingerprint density at radius 2 is 0.683 bits per heavy atom. The first-order valence-corrected chi connectivity index (χ1v) is 19.4. The van der Waals surface area contributed by atoms with Gasteiger partial charge in [-0.3, -0.25) is 4.79 Å². The van der Waals surface area contributed by atoms with Crippen LogP contribution in [0.2, 0.25) is 0 Å². The Morgan fingerprint density at radius 3 is 1.00 bits per heavy atom. The van der Waals surface area contributed by atoms with Gasteiger partial charge in [0, 0.05) is 13.0 Å². The molecule has 0 unspecified atom stereocenters. The van der Waals surface area contributed by atoms with Crippen molar-refractivity contribution in [2.45, 2.75) is 219 Å². The van der Waals surface area contributed by atoms with Crippen LogP contribution in [0.5, 0.6) is 0 Å². The van der Waals surface area contributed by atoms with Crippen molar-refractivity contribution in [2.24, 2.45) is 0 Å². The zero-order valence-electron chi connectivity index (χ0n) is 28.1. The maximum Gasteiger partial charge on any atom is 0.776 e. The molecule has 2 N–H and O–H groups in total. The molecule has 0 aromatic heterocycles. The summed E-state index contributed by atoms with van der Waals surface area (Å²) in [6, 6.07) is 0. The van der Waals surface area contributed by atoms with Crippen LogP contribution in [0, 0.1) is 0 Å². The van der Waals surface area contributed by atoms with E-state index in [0.29, 0.717) is 6.42 Å². The maximum atomic E-state index is 11.9. The summed E-state index contributed by atoms with van der Waals surface area (Å²) in [5.74, 6) is -0.0586. The molecule has 0 aliphatic rings. The molecule has 0 saturated heterocycles. The summed E-state index contributed by atoms with van der Waals surface area (Å²) in [5.41, 5.74) is 0. The molecule has 0 heterocycles. The summed E-state index contributed by atoms with van der Waals surface area (Å²) in [7, 11) is 0. The van der Waals surface area contributed by atoms with Crippen LogP contribution in [-0.4, -0.2) is 33.9 Å². The van der Waals surface area contributed by atoms with Gasteiger partial charge in [-0.25, -0.2) is 0 Å². The van der Waals surface area contributed by atoms with Gasteiger partial charge in [0.15, 0.2) is 0 Å². The fourth-order valence-electron chi connectivity index (χ4n) is 5.57. The van der Waals surface area contributed by atoms with Gasteiger partial charge in [-0.2, -0.15) is 0 Å². The quantitative estimate of drug-likeness (QED) is 0.0539. The Labute approximate surface area is 265 Å². The number of carbonyl (C=O) groups excluding carboxylic acids is 1. The average Bonchev–Trinajstić information content (AvgIpc) is 2.96.